The van der Waals surface area contributed by atoms with Gasteiger partial charge in [0, 0.05) is 0 Å². The first-order valence-electron chi connectivity index (χ1n) is 4.54. The van der Waals surface area contributed by atoms with Crippen molar-refractivity contribution in [3.8, 4) is 0 Å². The van der Waals surface area contributed by atoms with E-state index in [0.717, 1.165) is 5.92 Å². The third kappa shape index (κ3) is 1.11. The van der Waals surface area contributed by atoms with Gasteiger partial charge in [0.25, 0.3) is 0 Å². The van der Waals surface area contributed by atoms with Gasteiger partial charge < -0.3 is 0 Å². The number of hydrogen-bond acceptors (Lipinski definition) is 0. The highest BCUT2D eigenvalue weighted by Gasteiger charge is 2.55. The monoisotopic (exact) mass is 250 g/mol. The molecule has 70 valence electrons. The second-order valence-electron chi connectivity index (χ2n) is 4.17. The molecule has 4 heteroatoms. The van der Waals surface area contributed by atoms with Crippen LogP contribution in [0.25, 0.3) is 0 Å². The summed E-state index contributed by atoms with van der Waals surface area (Å²) in [7, 11) is 0. The maximum absolute atomic E-state index is 6.02. The fourth-order valence-electron chi connectivity index (χ4n) is 3.01. The van der Waals surface area contributed by atoms with E-state index < -0.39 is 6.00 Å². The zero-order chi connectivity index (χ0) is 9.22. The van der Waals surface area contributed by atoms with Crippen molar-refractivity contribution in [2.45, 2.75) is 6.42 Å². The summed E-state index contributed by atoms with van der Waals surface area (Å²) in [5.74, 6) is 2.72. The molecule has 0 spiro atoms. The molecule has 0 radical (unpaired) electrons. The Bertz CT molecular complexity index is 315. The molecule has 4 unspecified atom stereocenters. The molecule has 0 aromatic carbocycles. The molecule has 1 saturated carbocycles. The number of hydrogen-bond donors (Lipinski definition) is 0. The van der Waals surface area contributed by atoms with E-state index in [-0.39, 0.29) is 0 Å². The summed E-state index contributed by atoms with van der Waals surface area (Å²) in [6.07, 6.45) is 8.14. The molecule has 1 fully saturated rings. The lowest BCUT2D eigenvalue weighted by Crippen LogP contribution is -2.37. The van der Waals surface area contributed by atoms with Crippen molar-refractivity contribution in [1.82, 2.24) is 0 Å². The molecule has 0 N–H and O–H groups in total. The Balaban J connectivity index is 1.92. The van der Waals surface area contributed by atoms with Crippen molar-refractivity contribution in [3.05, 3.63) is 23.4 Å². The summed E-state index contributed by atoms with van der Waals surface area (Å²) in [6.45, 7) is 0. The Morgan fingerprint density at radius 1 is 1.15 bits per heavy atom. The lowest BCUT2D eigenvalue weighted by Gasteiger charge is -2.39. The molecule has 0 aromatic rings. The van der Waals surface area contributed by atoms with Gasteiger partial charge in [-0.15, -0.1) is 33.2 Å². The van der Waals surface area contributed by atoms with E-state index in [9.17, 15) is 0 Å². The van der Waals surface area contributed by atoms with Crippen molar-refractivity contribution in [3.63, 3.8) is 0 Å². The van der Waals surface area contributed by atoms with Gasteiger partial charge in [-0.1, -0.05) is 18.2 Å². The second-order valence-corrected chi connectivity index (χ2v) is 12.6. The van der Waals surface area contributed by atoms with Crippen LogP contribution >= 0.6 is 33.2 Å². The number of allylic oxidation sites excluding steroid dienone is 4. The topological polar surface area (TPSA) is 0 Å². The van der Waals surface area contributed by atoms with Crippen LogP contribution in [0.1, 0.15) is 6.42 Å². The van der Waals surface area contributed by atoms with Gasteiger partial charge in [-0.3, -0.25) is 0 Å². The van der Waals surface area contributed by atoms with Crippen LogP contribution in [0.5, 0.6) is 0 Å². The fraction of sp³-hybridized carbons (Fsp3) is 0.556. The van der Waals surface area contributed by atoms with Crippen LogP contribution in [0.3, 0.4) is 0 Å². The summed E-state index contributed by atoms with van der Waals surface area (Å²) in [5.41, 5.74) is 0. The third-order valence-electron chi connectivity index (χ3n) is 3.58. The molecular weight excluding hydrogens is 243 g/mol. The molecule has 0 amide bonds. The Morgan fingerprint density at radius 3 is 2.46 bits per heavy atom. The SMILES string of the molecule is Cl[Si](Cl)(Cl)C1=CC2C3C=CC(C3)C12. The normalized spacial score (nSPS) is 45.9. The first kappa shape index (κ1) is 8.84. The van der Waals surface area contributed by atoms with Gasteiger partial charge in [0.15, 0.2) is 0 Å². The van der Waals surface area contributed by atoms with Gasteiger partial charge in [-0.05, 0) is 35.3 Å². The van der Waals surface area contributed by atoms with E-state index in [2.05, 4.69) is 18.2 Å². The minimum absolute atomic E-state index is 0.592. The average Bonchev–Trinajstić information content (AvgIpc) is 2.37. The third-order valence-corrected chi connectivity index (χ3v) is 6.70. The van der Waals surface area contributed by atoms with Gasteiger partial charge >= 0.3 is 6.00 Å². The molecule has 3 rings (SSSR count). The Morgan fingerprint density at radius 2 is 1.85 bits per heavy atom. The molecule has 4 atom stereocenters. The molecule has 3 aliphatic carbocycles. The quantitative estimate of drug-likeness (QED) is 0.380. The second kappa shape index (κ2) is 2.57. The Kier molecular flexibility index (Phi) is 1.75. The maximum Gasteiger partial charge on any atom is 0.368 e. The van der Waals surface area contributed by atoms with Gasteiger partial charge in [0.05, 0.1) is 0 Å². The predicted octanol–water partition coefficient (Wildman–Crippen LogP) is 3.56. The molecule has 2 bridgehead atoms. The molecule has 3 aliphatic rings. The highest BCUT2D eigenvalue weighted by molar-refractivity contribution is 7.67. The van der Waals surface area contributed by atoms with Crippen molar-refractivity contribution < 1.29 is 0 Å². The standard InChI is InChI=1S/C9H9Cl3Si/c10-13(11,12)8-4-7-5-1-2-6(3-5)9(7)8/h1-2,4-7,9H,3H2. The van der Waals surface area contributed by atoms with Crippen molar-refractivity contribution in [2.75, 3.05) is 0 Å². The summed E-state index contributed by atoms with van der Waals surface area (Å²) in [4.78, 5) is 0. The average molecular weight is 252 g/mol. The van der Waals surface area contributed by atoms with Crippen LogP contribution in [0, 0.1) is 23.7 Å². The number of rotatable bonds is 1. The first-order valence-corrected chi connectivity index (χ1v) is 9.58. The number of halogens is 3. The molecule has 0 heterocycles. The summed E-state index contributed by atoms with van der Waals surface area (Å²) in [6, 6.07) is -2.55. The van der Waals surface area contributed by atoms with Crippen LogP contribution in [0.2, 0.25) is 0 Å². The minimum Gasteiger partial charge on any atom is -0.121 e. The minimum atomic E-state index is -2.55. The first-order chi connectivity index (χ1) is 6.07. The van der Waals surface area contributed by atoms with Crippen LogP contribution in [-0.4, -0.2) is 6.00 Å². The van der Waals surface area contributed by atoms with E-state index in [1.54, 1.807) is 0 Å². The zero-order valence-corrected chi connectivity index (χ0v) is 10.2. The van der Waals surface area contributed by atoms with E-state index in [1.165, 1.54) is 11.6 Å². The van der Waals surface area contributed by atoms with Gasteiger partial charge in [0.1, 0.15) is 0 Å². The van der Waals surface area contributed by atoms with Crippen LogP contribution in [-0.2, 0) is 0 Å². The lowest BCUT2D eigenvalue weighted by atomic mass is 9.74. The van der Waals surface area contributed by atoms with E-state index >= 15 is 0 Å². The largest absolute Gasteiger partial charge is 0.368 e. The summed E-state index contributed by atoms with van der Waals surface area (Å²) < 4.78 is 0. The molecular formula is C9H9Cl3Si. The van der Waals surface area contributed by atoms with Gasteiger partial charge in [-0.2, -0.15) is 0 Å². The molecule has 0 aliphatic heterocycles. The van der Waals surface area contributed by atoms with E-state index in [0.29, 0.717) is 17.8 Å². The molecule has 0 aromatic heterocycles. The van der Waals surface area contributed by atoms with E-state index in [1.807, 2.05) is 0 Å². The highest BCUT2D eigenvalue weighted by Crippen LogP contribution is 2.60. The van der Waals surface area contributed by atoms with Crippen LogP contribution < -0.4 is 0 Å². The Hall–Kier alpha value is 0.567. The lowest BCUT2D eigenvalue weighted by molar-refractivity contribution is 0.389. The predicted molar refractivity (Wildman–Crippen MR) is 59.1 cm³/mol. The fourth-order valence-corrected chi connectivity index (χ4v) is 5.88. The van der Waals surface area contributed by atoms with E-state index in [4.69, 9.17) is 33.2 Å². The van der Waals surface area contributed by atoms with Gasteiger partial charge in [0.2, 0.25) is 0 Å². The van der Waals surface area contributed by atoms with Crippen molar-refractivity contribution in [2.24, 2.45) is 23.7 Å². The maximum atomic E-state index is 6.02. The molecule has 13 heavy (non-hydrogen) atoms. The molecule has 0 nitrogen and oxygen atoms in total. The molecule has 0 saturated heterocycles. The van der Waals surface area contributed by atoms with Crippen molar-refractivity contribution in [1.29, 1.82) is 0 Å². The highest BCUT2D eigenvalue weighted by atomic mass is 35.8. The summed E-state index contributed by atoms with van der Waals surface area (Å²) in [5, 5.41) is 1.17. The zero-order valence-electron chi connectivity index (χ0n) is 6.88. The Labute approximate surface area is 92.7 Å². The smallest absolute Gasteiger partial charge is 0.121 e. The van der Waals surface area contributed by atoms with Crippen molar-refractivity contribution >= 4 is 39.2 Å². The van der Waals surface area contributed by atoms with Crippen LogP contribution in [0.4, 0.5) is 0 Å². The summed E-state index contributed by atoms with van der Waals surface area (Å²) >= 11 is 18.0. The van der Waals surface area contributed by atoms with Crippen LogP contribution in [0.15, 0.2) is 23.4 Å². The van der Waals surface area contributed by atoms with Gasteiger partial charge in [-0.25, -0.2) is 0 Å². The number of fused-ring (bicyclic) bond motifs is 5.